The highest BCUT2D eigenvalue weighted by Crippen LogP contribution is 2.23. The maximum Gasteiger partial charge on any atom is 0.124 e. The van der Waals surface area contributed by atoms with E-state index >= 15 is 0 Å². The molecule has 0 bridgehead atoms. The van der Waals surface area contributed by atoms with Crippen molar-refractivity contribution in [2.45, 2.75) is 44.5 Å². The summed E-state index contributed by atoms with van der Waals surface area (Å²) in [6, 6.07) is 4.78. The highest BCUT2D eigenvalue weighted by Gasteiger charge is 2.19. The van der Waals surface area contributed by atoms with Gasteiger partial charge in [0, 0.05) is 4.47 Å². The molecule has 1 aromatic rings. The van der Waals surface area contributed by atoms with Crippen LogP contribution >= 0.6 is 15.9 Å². The fourth-order valence-electron chi connectivity index (χ4n) is 2.12. The van der Waals surface area contributed by atoms with E-state index in [-0.39, 0.29) is 18.0 Å². The van der Waals surface area contributed by atoms with Crippen LogP contribution in [0.3, 0.4) is 0 Å². The zero-order valence-electron chi connectivity index (χ0n) is 9.53. The number of rotatable bonds is 3. The number of aliphatic hydroxyl groups excluding tert-OH is 1. The van der Waals surface area contributed by atoms with E-state index in [0.29, 0.717) is 6.61 Å². The van der Waals surface area contributed by atoms with Gasteiger partial charge in [-0.25, -0.2) is 4.39 Å². The molecule has 1 aliphatic carbocycles. The van der Waals surface area contributed by atoms with E-state index in [1.165, 1.54) is 12.1 Å². The van der Waals surface area contributed by atoms with Crippen LogP contribution in [-0.4, -0.2) is 17.3 Å². The highest BCUT2D eigenvalue weighted by molar-refractivity contribution is 9.10. The van der Waals surface area contributed by atoms with Crippen molar-refractivity contribution >= 4 is 15.9 Å². The third-order valence-electron chi connectivity index (χ3n) is 3.05. The first kappa shape index (κ1) is 13.0. The van der Waals surface area contributed by atoms with Gasteiger partial charge in [0.15, 0.2) is 0 Å². The summed E-state index contributed by atoms with van der Waals surface area (Å²) >= 11 is 3.26. The summed E-state index contributed by atoms with van der Waals surface area (Å²) in [4.78, 5) is 0. The minimum absolute atomic E-state index is 0.168. The molecule has 0 radical (unpaired) electrons. The van der Waals surface area contributed by atoms with Crippen LogP contribution in [-0.2, 0) is 11.3 Å². The normalized spacial score (nSPS) is 24.9. The fourth-order valence-corrected chi connectivity index (χ4v) is 2.63. The third-order valence-corrected chi connectivity index (χ3v) is 3.51. The lowest BCUT2D eigenvalue weighted by atomic mass is 9.95. The average molecular weight is 303 g/mol. The van der Waals surface area contributed by atoms with E-state index in [1.54, 1.807) is 0 Å². The van der Waals surface area contributed by atoms with Crippen molar-refractivity contribution in [3.05, 3.63) is 34.1 Å². The molecule has 1 saturated carbocycles. The Balaban J connectivity index is 1.85. The summed E-state index contributed by atoms with van der Waals surface area (Å²) in [6.07, 6.45) is 3.41. The number of aliphatic hydroxyl groups is 1. The molecule has 0 spiro atoms. The van der Waals surface area contributed by atoms with Gasteiger partial charge in [-0.15, -0.1) is 0 Å². The molecule has 1 aliphatic rings. The molecule has 4 heteroatoms. The van der Waals surface area contributed by atoms with Crippen molar-refractivity contribution in [2.24, 2.45) is 0 Å². The first-order valence-corrected chi connectivity index (χ1v) is 6.67. The van der Waals surface area contributed by atoms with Crippen LogP contribution in [0.5, 0.6) is 0 Å². The lowest BCUT2D eigenvalue weighted by Crippen LogP contribution is -2.24. The van der Waals surface area contributed by atoms with Crippen molar-refractivity contribution in [1.82, 2.24) is 0 Å². The monoisotopic (exact) mass is 302 g/mol. The van der Waals surface area contributed by atoms with Crippen LogP contribution in [0, 0.1) is 5.82 Å². The van der Waals surface area contributed by atoms with E-state index in [1.807, 2.05) is 6.07 Å². The zero-order chi connectivity index (χ0) is 12.3. The molecule has 1 aromatic carbocycles. The predicted octanol–water partition coefficient (Wildman–Crippen LogP) is 3.41. The van der Waals surface area contributed by atoms with Crippen LogP contribution in [0.25, 0.3) is 0 Å². The summed E-state index contributed by atoms with van der Waals surface area (Å²) in [5, 5.41) is 9.37. The molecule has 0 unspecified atom stereocenters. The quantitative estimate of drug-likeness (QED) is 0.927. The molecule has 2 nitrogen and oxygen atoms in total. The Labute approximate surface area is 109 Å². The molecular formula is C13H16BrFO2. The van der Waals surface area contributed by atoms with Crippen molar-refractivity contribution in [3.8, 4) is 0 Å². The Kier molecular flexibility index (Phi) is 4.54. The SMILES string of the molecule is OC1CCC(OCc2cc(F)cc(Br)c2)CC1. The highest BCUT2D eigenvalue weighted by atomic mass is 79.9. The largest absolute Gasteiger partial charge is 0.393 e. The Bertz CT molecular complexity index is 355. The van der Waals surface area contributed by atoms with E-state index in [0.717, 1.165) is 35.7 Å². The summed E-state index contributed by atoms with van der Waals surface area (Å²) < 4.78 is 19.6. The molecule has 0 aromatic heterocycles. The number of hydrogen-bond donors (Lipinski definition) is 1. The molecule has 0 atom stereocenters. The maximum atomic E-state index is 13.1. The van der Waals surface area contributed by atoms with Crippen LogP contribution in [0.1, 0.15) is 31.2 Å². The van der Waals surface area contributed by atoms with E-state index in [2.05, 4.69) is 15.9 Å². The second-order valence-electron chi connectivity index (χ2n) is 4.52. The number of ether oxygens (including phenoxy) is 1. The van der Waals surface area contributed by atoms with Gasteiger partial charge < -0.3 is 9.84 Å². The lowest BCUT2D eigenvalue weighted by molar-refractivity contribution is -0.0119. The van der Waals surface area contributed by atoms with Crippen LogP contribution in [0.2, 0.25) is 0 Å². The van der Waals surface area contributed by atoms with Gasteiger partial charge >= 0.3 is 0 Å². The molecule has 17 heavy (non-hydrogen) atoms. The van der Waals surface area contributed by atoms with Crippen LogP contribution < -0.4 is 0 Å². The Morgan fingerprint density at radius 3 is 2.59 bits per heavy atom. The molecular weight excluding hydrogens is 287 g/mol. The Morgan fingerprint density at radius 2 is 1.94 bits per heavy atom. The van der Waals surface area contributed by atoms with Crippen LogP contribution in [0.4, 0.5) is 4.39 Å². The van der Waals surface area contributed by atoms with Crippen LogP contribution in [0.15, 0.2) is 22.7 Å². The standard InChI is InChI=1S/C13H16BrFO2/c14-10-5-9(6-11(15)7-10)8-17-13-3-1-12(16)2-4-13/h5-7,12-13,16H,1-4,8H2. The van der Waals surface area contributed by atoms with Gasteiger partial charge in [-0.1, -0.05) is 15.9 Å². The summed E-state index contributed by atoms with van der Waals surface area (Å²) in [5.41, 5.74) is 0.836. The fraction of sp³-hybridized carbons (Fsp3) is 0.538. The van der Waals surface area contributed by atoms with Gasteiger partial charge in [-0.3, -0.25) is 0 Å². The smallest absolute Gasteiger partial charge is 0.124 e. The number of benzene rings is 1. The molecule has 0 aliphatic heterocycles. The van der Waals surface area contributed by atoms with Crippen molar-refractivity contribution in [3.63, 3.8) is 0 Å². The average Bonchev–Trinajstić information content (AvgIpc) is 2.27. The number of halogens is 2. The minimum Gasteiger partial charge on any atom is -0.393 e. The molecule has 0 amide bonds. The van der Waals surface area contributed by atoms with Crippen molar-refractivity contribution in [2.75, 3.05) is 0 Å². The first-order valence-electron chi connectivity index (χ1n) is 5.88. The van der Waals surface area contributed by atoms with Gasteiger partial charge in [-0.05, 0) is 49.4 Å². The van der Waals surface area contributed by atoms with Gasteiger partial charge in [0.2, 0.25) is 0 Å². The van der Waals surface area contributed by atoms with Crippen molar-refractivity contribution in [1.29, 1.82) is 0 Å². The summed E-state index contributed by atoms with van der Waals surface area (Å²) in [6.45, 7) is 0.428. The molecule has 0 saturated heterocycles. The minimum atomic E-state index is -0.253. The Hall–Kier alpha value is -0.450. The topological polar surface area (TPSA) is 29.5 Å². The third kappa shape index (κ3) is 4.05. The van der Waals surface area contributed by atoms with E-state index < -0.39 is 0 Å². The number of hydrogen-bond acceptors (Lipinski definition) is 2. The lowest BCUT2D eigenvalue weighted by Gasteiger charge is -2.25. The second-order valence-corrected chi connectivity index (χ2v) is 5.43. The summed E-state index contributed by atoms with van der Waals surface area (Å²) in [7, 11) is 0. The summed E-state index contributed by atoms with van der Waals surface area (Å²) in [5.74, 6) is -0.253. The molecule has 0 heterocycles. The van der Waals surface area contributed by atoms with Gasteiger partial charge in [0.1, 0.15) is 5.82 Å². The van der Waals surface area contributed by atoms with E-state index in [4.69, 9.17) is 4.74 Å². The molecule has 2 rings (SSSR count). The van der Waals surface area contributed by atoms with Crippen molar-refractivity contribution < 1.29 is 14.2 Å². The Morgan fingerprint density at radius 1 is 1.24 bits per heavy atom. The molecule has 94 valence electrons. The molecule has 1 fully saturated rings. The van der Waals surface area contributed by atoms with Gasteiger partial charge in [0.25, 0.3) is 0 Å². The maximum absolute atomic E-state index is 13.1. The first-order chi connectivity index (χ1) is 8.13. The van der Waals surface area contributed by atoms with Gasteiger partial charge in [-0.2, -0.15) is 0 Å². The molecule has 1 N–H and O–H groups in total. The second kappa shape index (κ2) is 5.94. The predicted molar refractivity (Wildman–Crippen MR) is 67.2 cm³/mol. The zero-order valence-corrected chi connectivity index (χ0v) is 11.1. The van der Waals surface area contributed by atoms with E-state index in [9.17, 15) is 9.50 Å². The van der Waals surface area contributed by atoms with Gasteiger partial charge in [0.05, 0.1) is 18.8 Å².